The minimum atomic E-state index is 0.500. The highest BCUT2D eigenvalue weighted by Crippen LogP contribution is 2.43. The molecular formula is C12H17NOS. The molecule has 0 saturated heterocycles. The molecule has 1 aliphatic heterocycles. The monoisotopic (exact) mass is 223 g/mol. The molecule has 1 atom stereocenters. The number of benzene rings is 1. The van der Waals surface area contributed by atoms with E-state index in [4.69, 9.17) is 4.74 Å². The summed E-state index contributed by atoms with van der Waals surface area (Å²) >= 11 is 1.89. The average Bonchev–Trinajstić information content (AvgIpc) is 2.69. The van der Waals surface area contributed by atoms with E-state index in [1.54, 1.807) is 7.11 Å². The Morgan fingerprint density at radius 3 is 3.13 bits per heavy atom. The number of hydrogen-bond acceptors (Lipinski definition) is 3. The van der Waals surface area contributed by atoms with E-state index >= 15 is 0 Å². The van der Waals surface area contributed by atoms with Gasteiger partial charge in [0, 0.05) is 11.8 Å². The van der Waals surface area contributed by atoms with Gasteiger partial charge in [0.1, 0.15) is 5.75 Å². The Bertz CT molecular complexity index is 340. The Kier molecular flexibility index (Phi) is 3.54. The third kappa shape index (κ3) is 2.13. The summed E-state index contributed by atoms with van der Waals surface area (Å²) in [5, 5.41) is 3.56. The van der Waals surface area contributed by atoms with E-state index in [1.165, 1.54) is 16.9 Å². The zero-order chi connectivity index (χ0) is 10.7. The molecule has 1 heterocycles. The molecule has 1 aromatic rings. The van der Waals surface area contributed by atoms with E-state index in [2.05, 4.69) is 24.4 Å². The van der Waals surface area contributed by atoms with E-state index in [9.17, 15) is 0 Å². The number of nitrogens with one attached hydrogen (secondary N) is 1. The second kappa shape index (κ2) is 4.90. The molecule has 0 saturated carbocycles. The highest BCUT2D eigenvalue weighted by molar-refractivity contribution is 7.99. The minimum absolute atomic E-state index is 0.500. The summed E-state index contributed by atoms with van der Waals surface area (Å²) < 4.78 is 5.36. The Hall–Kier alpha value is -0.670. The predicted molar refractivity (Wildman–Crippen MR) is 64.8 cm³/mol. The lowest BCUT2D eigenvalue weighted by Gasteiger charge is -2.12. The largest absolute Gasteiger partial charge is 0.496 e. The number of rotatable bonds is 4. The summed E-state index contributed by atoms with van der Waals surface area (Å²) in [7, 11) is 1.74. The first-order valence-electron chi connectivity index (χ1n) is 5.40. The normalized spacial score (nSPS) is 18.9. The van der Waals surface area contributed by atoms with Crippen LogP contribution in [0.5, 0.6) is 5.75 Å². The van der Waals surface area contributed by atoms with Crippen LogP contribution in [0.2, 0.25) is 0 Å². The van der Waals surface area contributed by atoms with E-state index in [1.807, 2.05) is 17.8 Å². The van der Waals surface area contributed by atoms with Crippen molar-refractivity contribution in [3.05, 3.63) is 23.8 Å². The van der Waals surface area contributed by atoms with Crippen molar-refractivity contribution in [3.8, 4) is 5.75 Å². The zero-order valence-electron chi connectivity index (χ0n) is 9.25. The lowest BCUT2D eigenvalue weighted by atomic mass is 10.1. The smallest absolute Gasteiger partial charge is 0.132 e. The first kappa shape index (κ1) is 10.8. The van der Waals surface area contributed by atoms with Gasteiger partial charge in [-0.05, 0) is 24.6 Å². The topological polar surface area (TPSA) is 21.3 Å². The molecule has 0 radical (unpaired) electrons. The highest BCUT2D eigenvalue weighted by Gasteiger charge is 2.24. The molecule has 3 heteroatoms. The summed E-state index contributed by atoms with van der Waals surface area (Å²) in [6, 6.07) is 6.81. The SMILES string of the molecule is CCCNC1CSc2c(OC)cccc21. The van der Waals surface area contributed by atoms with Crippen LogP contribution < -0.4 is 10.1 Å². The molecule has 2 rings (SSSR count). The van der Waals surface area contributed by atoms with Crippen LogP contribution in [0, 0.1) is 0 Å². The molecule has 0 bridgehead atoms. The van der Waals surface area contributed by atoms with Crippen molar-refractivity contribution in [2.45, 2.75) is 24.3 Å². The van der Waals surface area contributed by atoms with Crippen LogP contribution in [0.15, 0.2) is 23.1 Å². The van der Waals surface area contributed by atoms with Crippen molar-refractivity contribution in [1.82, 2.24) is 5.32 Å². The second-order valence-corrected chi connectivity index (χ2v) is 4.73. The molecule has 0 spiro atoms. The van der Waals surface area contributed by atoms with Crippen molar-refractivity contribution >= 4 is 11.8 Å². The number of hydrogen-bond donors (Lipinski definition) is 1. The molecule has 0 amide bonds. The van der Waals surface area contributed by atoms with Crippen LogP contribution in [-0.2, 0) is 0 Å². The van der Waals surface area contributed by atoms with Crippen LogP contribution >= 0.6 is 11.8 Å². The third-order valence-electron chi connectivity index (χ3n) is 2.64. The first-order valence-corrected chi connectivity index (χ1v) is 6.38. The number of thioether (sulfide) groups is 1. The van der Waals surface area contributed by atoms with Gasteiger partial charge >= 0.3 is 0 Å². The summed E-state index contributed by atoms with van der Waals surface area (Å²) in [5.41, 5.74) is 1.40. The van der Waals surface area contributed by atoms with E-state index in [0.717, 1.165) is 18.0 Å². The third-order valence-corrected chi connectivity index (χ3v) is 3.87. The van der Waals surface area contributed by atoms with Crippen molar-refractivity contribution in [1.29, 1.82) is 0 Å². The van der Waals surface area contributed by atoms with Crippen LogP contribution in [0.4, 0.5) is 0 Å². The van der Waals surface area contributed by atoms with Crippen LogP contribution in [0.25, 0.3) is 0 Å². The maximum absolute atomic E-state index is 5.36. The molecular weight excluding hydrogens is 206 g/mol. The molecule has 0 fully saturated rings. The van der Waals surface area contributed by atoms with Crippen molar-refractivity contribution in [2.24, 2.45) is 0 Å². The fourth-order valence-corrected chi connectivity index (χ4v) is 3.17. The maximum atomic E-state index is 5.36. The van der Waals surface area contributed by atoms with Crippen molar-refractivity contribution in [2.75, 3.05) is 19.4 Å². The van der Waals surface area contributed by atoms with Gasteiger partial charge in [-0.3, -0.25) is 0 Å². The van der Waals surface area contributed by atoms with Crippen molar-refractivity contribution in [3.63, 3.8) is 0 Å². The quantitative estimate of drug-likeness (QED) is 0.848. The molecule has 1 aliphatic rings. The first-order chi connectivity index (χ1) is 7.36. The van der Waals surface area contributed by atoms with Gasteiger partial charge in [-0.25, -0.2) is 0 Å². The summed E-state index contributed by atoms with van der Waals surface area (Å²) in [6.45, 7) is 3.28. The molecule has 0 aliphatic carbocycles. The maximum Gasteiger partial charge on any atom is 0.132 e. The minimum Gasteiger partial charge on any atom is -0.496 e. The number of methoxy groups -OCH3 is 1. The zero-order valence-corrected chi connectivity index (χ0v) is 10.1. The Morgan fingerprint density at radius 1 is 1.53 bits per heavy atom. The average molecular weight is 223 g/mol. The fourth-order valence-electron chi connectivity index (χ4n) is 1.87. The van der Waals surface area contributed by atoms with Gasteiger partial charge in [0.05, 0.1) is 12.0 Å². The lowest BCUT2D eigenvalue weighted by Crippen LogP contribution is -2.21. The van der Waals surface area contributed by atoms with E-state index in [0.29, 0.717) is 6.04 Å². The van der Waals surface area contributed by atoms with Gasteiger partial charge in [-0.2, -0.15) is 0 Å². The Balaban J connectivity index is 2.19. The van der Waals surface area contributed by atoms with Crippen molar-refractivity contribution < 1.29 is 4.74 Å². The number of ether oxygens (including phenoxy) is 1. The lowest BCUT2D eigenvalue weighted by molar-refractivity contribution is 0.403. The molecule has 1 aromatic carbocycles. The van der Waals surface area contributed by atoms with Gasteiger partial charge in [0.15, 0.2) is 0 Å². The standard InChI is InChI=1S/C12H17NOS/c1-3-7-13-10-8-15-12-9(10)5-4-6-11(12)14-2/h4-6,10,13H,3,7-8H2,1-2H3. The molecule has 1 unspecified atom stereocenters. The van der Waals surface area contributed by atoms with Gasteiger partial charge < -0.3 is 10.1 Å². The summed E-state index contributed by atoms with van der Waals surface area (Å²) in [4.78, 5) is 1.31. The second-order valence-electron chi connectivity index (χ2n) is 3.70. The molecule has 2 nitrogen and oxygen atoms in total. The van der Waals surface area contributed by atoms with Crippen LogP contribution in [0.3, 0.4) is 0 Å². The van der Waals surface area contributed by atoms with Gasteiger partial charge in [-0.1, -0.05) is 19.1 Å². The molecule has 1 N–H and O–H groups in total. The Morgan fingerprint density at radius 2 is 2.40 bits per heavy atom. The molecule has 15 heavy (non-hydrogen) atoms. The van der Waals surface area contributed by atoms with Gasteiger partial charge in [-0.15, -0.1) is 11.8 Å². The molecule has 82 valence electrons. The predicted octanol–water partition coefficient (Wildman–Crippen LogP) is 2.84. The van der Waals surface area contributed by atoms with Crippen LogP contribution in [-0.4, -0.2) is 19.4 Å². The summed E-state index contributed by atoms with van der Waals surface area (Å²) in [5.74, 6) is 2.13. The van der Waals surface area contributed by atoms with E-state index < -0.39 is 0 Å². The highest BCUT2D eigenvalue weighted by atomic mass is 32.2. The van der Waals surface area contributed by atoms with Crippen LogP contribution in [0.1, 0.15) is 24.9 Å². The summed E-state index contributed by atoms with van der Waals surface area (Å²) in [6.07, 6.45) is 1.18. The number of fused-ring (bicyclic) bond motifs is 1. The molecule has 0 aromatic heterocycles. The van der Waals surface area contributed by atoms with E-state index in [-0.39, 0.29) is 0 Å². The fraction of sp³-hybridized carbons (Fsp3) is 0.500. The van der Waals surface area contributed by atoms with Gasteiger partial charge in [0.25, 0.3) is 0 Å². The van der Waals surface area contributed by atoms with Gasteiger partial charge in [0.2, 0.25) is 0 Å². The Labute approximate surface area is 95.4 Å².